The molecule has 1 aliphatic heterocycles. The topological polar surface area (TPSA) is 119 Å². The average molecular weight is 483 g/mol. The third-order valence-corrected chi connectivity index (χ3v) is 5.88. The van der Waals surface area contributed by atoms with Crippen molar-refractivity contribution in [1.29, 1.82) is 0 Å². The first-order valence-corrected chi connectivity index (χ1v) is 11.3. The van der Waals surface area contributed by atoms with E-state index in [1.165, 1.54) is 18.2 Å². The third kappa shape index (κ3) is 3.98. The average Bonchev–Trinajstić information content (AvgIpc) is 3.41. The number of tetrazole rings is 1. The van der Waals surface area contributed by atoms with Gasteiger partial charge in [0.1, 0.15) is 5.75 Å². The Morgan fingerprint density at radius 3 is 2.39 bits per heavy atom. The van der Waals surface area contributed by atoms with Crippen molar-refractivity contribution < 1.29 is 19.1 Å². The molecule has 10 heteroatoms. The summed E-state index contributed by atoms with van der Waals surface area (Å²) in [6.45, 7) is 6.09. The van der Waals surface area contributed by atoms with Crippen LogP contribution in [0.15, 0.2) is 60.7 Å². The number of ether oxygens (including phenoxy) is 1. The van der Waals surface area contributed by atoms with Gasteiger partial charge in [0.25, 0.3) is 17.7 Å². The van der Waals surface area contributed by atoms with Crippen LogP contribution in [0, 0.1) is 13.8 Å². The van der Waals surface area contributed by atoms with Crippen molar-refractivity contribution in [3.05, 3.63) is 88.7 Å². The van der Waals surface area contributed by atoms with Crippen molar-refractivity contribution in [3.63, 3.8) is 0 Å². The molecule has 36 heavy (non-hydrogen) atoms. The molecule has 0 unspecified atom stereocenters. The van der Waals surface area contributed by atoms with Crippen LogP contribution in [0.3, 0.4) is 0 Å². The molecule has 0 fully saturated rings. The van der Waals surface area contributed by atoms with E-state index >= 15 is 0 Å². The molecule has 0 aliphatic carbocycles. The number of imide groups is 1. The number of fused-ring (bicyclic) bond motifs is 1. The quantitative estimate of drug-likeness (QED) is 0.416. The van der Waals surface area contributed by atoms with Crippen molar-refractivity contribution in [2.75, 3.05) is 16.8 Å². The van der Waals surface area contributed by atoms with Gasteiger partial charge in [-0.3, -0.25) is 14.4 Å². The van der Waals surface area contributed by atoms with Gasteiger partial charge in [-0.25, -0.2) is 4.90 Å². The molecular formula is C26H22N6O4. The van der Waals surface area contributed by atoms with E-state index in [4.69, 9.17) is 4.74 Å². The molecule has 3 amide bonds. The Morgan fingerprint density at radius 1 is 0.944 bits per heavy atom. The molecule has 0 saturated heterocycles. The molecule has 3 aromatic carbocycles. The number of hydrogen-bond acceptors (Lipinski definition) is 7. The molecule has 1 aromatic heterocycles. The Balaban J connectivity index is 1.39. The van der Waals surface area contributed by atoms with Crippen LogP contribution >= 0.6 is 0 Å². The Morgan fingerprint density at radius 2 is 1.69 bits per heavy atom. The maximum atomic E-state index is 13.1. The number of rotatable bonds is 6. The second kappa shape index (κ2) is 9.06. The van der Waals surface area contributed by atoms with E-state index in [1.54, 1.807) is 48.0 Å². The van der Waals surface area contributed by atoms with E-state index in [-0.39, 0.29) is 16.7 Å². The minimum absolute atomic E-state index is 0.176. The minimum Gasteiger partial charge on any atom is -0.494 e. The van der Waals surface area contributed by atoms with Crippen LogP contribution in [-0.4, -0.2) is 44.5 Å². The highest BCUT2D eigenvalue weighted by molar-refractivity contribution is 6.34. The lowest BCUT2D eigenvalue weighted by atomic mass is 10.1. The van der Waals surface area contributed by atoms with Crippen LogP contribution in [0.2, 0.25) is 0 Å². The second-order valence-corrected chi connectivity index (χ2v) is 8.23. The first kappa shape index (κ1) is 22.9. The summed E-state index contributed by atoms with van der Waals surface area (Å²) in [5.41, 5.74) is 3.31. The van der Waals surface area contributed by atoms with Crippen LogP contribution < -0.4 is 15.0 Å². The maximum Gasteiger partial charge on any atom is 0.266 e. The summed E-state index contributed by atoms with van der Waals surface area (Å²) in [5.74, 6) is -0.0840. The van der Waals surface area contributed by atoms with Crippen molar-refractivity contribution in [2.45, 2.75) is 20.8 Å². The second-order valence-electron chi connectivity index (χ2n) is 8.23. The van der Waals surface area contributed by atoms with E-state index in [2.05, 4.69) is 20.8 Å². The fraction of sp³-hybridized carbons (Fsp3) is 0.154. The summed E-state index contributed by atoms with van der Waals surface area (Å²) in [7, 11) is 0. The molecule has 1 aliphatic rings. The van der Waals surface area contributed by atoms with Crippen LogP contribution in [0.25, 0.3) is 5.69 Å². The fourth-order valence-electron chi connectivity index (χ4n) is 4.05. The van der Waals surface area contributed by atoms with E-state index < -0.39 is 17.7 Å². The zero-order valence-electron chi connectivity index (χ0n) is 19.8. The van der Waals surface area contributed by atoms with Gasteiger partial charge in [-0.2, -0.15) is 4.68 Å². The van der Waals surface area contributed by atoms with Crippen LogP contribution in [-0.2, 0) is 0 Å². The molecule has 0 bridgehead atoms. The number of benzene rings is 3. The standard InChI is InChI=1S/C26H22N6O4/c1-4-36-20-10-8-19(9-11-20)31-25(34)21-12-6-17(13-22(21)26(31)35)24(33)27-18-7-5-15(2)23(14-18)32-16(3)28-29-30-32/h5-14H,4H2,1-3H3,(H,27,33). The van der Waals surface area contributed by atoms with E-state index in [9.17, 15) is 14.4 Å². The lowest BCUT2D eigenvalue weighted by Crippen LogP contribution is -2.29. The first-order valence-electron chi connectivity index (χ1n) is 11.3. The Labute approximate surface area is 206 Å². The zero-order valence-corrected chi connectivity index (χ0v) is 19.8. The summed E-state index contributed by atoms with van der Waals surface area (Å²) < 4.78 is 7.01. The summed E-state index contributed by atoms with van der Waals surface area (Å²) >= 11 is 0. The van der Waals surface area contributed by atoms with Gasteiger partial charge >= 0.3 is 0 Å². The Bertz CT molecular complexity index is 1510. The number of aromatic nitrogens is 4. The van der Waals surface area contributed by atoms with E-state index in [0.717, 1.165) is 16.2 Å². The number of aryl methyl sites for hydroxylation is 2. The number of nitrogens with one attached hydrogen (secondary N) is 1. The van der Waals surface area contributed by atoms with Crippen molar-refractivity contribution in [3.8, 4) is 11.4 Å². The molecule has 0 saturated carbocycles. The van der Waals surface area contributed by atoms with Gasteiger partial charge in [0.2, 0.25) is 0 Å². The van der Waals surface area contributed by atoms with Gasteiger partial charge < -0.3 is 10.1 Å². The zero-order chi connectivity index (χ0) is 25.4. The first-order chi connectivity index (χ1) is 17.4. The lowest BCUT2D eigenvalue weighted by Gasteiger charge is -2.14. The van der Waals surface area contributed by atoms with Gasteiger partial charge in [-0.1, -0.05) is 6.07 Å². The maximum absolute atomic E-state index is 13.1. The van der Waals surface area contributed by atoms with E-state index in [0.29, 0.717) is 29.6 Å². The fourth-order valence-corrected chi connectivity index (χ4v) is 4.05. The summed E-state index contributed by atoms with van der Waals surface area (Å²) in [5, 5.41) is 14.4. The Kier molecular flexibility index (Phi) is 5.77. The van der Waals surface area contributed by atoms with Crippen molar-refractivity contribution in [1.82, 2.24) is 20.2 Å². The van der Waals surface area contributed by atoms with E-state index in [1.807, 2.05) is 19.9 Å². The molecule has 4 aromatic rings. The highest BCUT2D eigenvalue weighted by Crippen LogP contribution is 2.30. The predicted molar refractivity (Wildman–Crippen MR) is 132 cm³/mol. The smallest absolute Gasteiger partial charge is 0.266 e. The van der Waals surface area contributed by atoms with Gasteiger partial charge in [-0.05, 0) is 91.4 Å². The van der Waals surface area contributed by atoms with Crippen LogP contribution in [0.4, 0.5) is 11.4 Å². The summed E-state index contributed by atoms with van der Waals surface area (Å²) in [6.07, 6.45) is 0. The molecule has 0 radical (unpaired) electrons. The largest absolute Gasteiger partial charge is 0.494 e. The summed E-state index contributed by atoms with van der Waals surface area (Å²) in [6, 6.07) is 16.6. The van der Waals surface area contributed by atoms with Gasteiger partial charge in [0.15, 0.2) is 5.82 Å². The number of anilines is 2. The van der Waals surface area contributed by atoms with Gasteiger partial charge in [0, 0.05) is 11.3 Å². The number of nitrogens with zero attached hydrogens (tertiary/aromatic N) is 5. The van der Waals surface area contributed by atoms with Gasteiger partial charge in [0.05, 0.1) is 29.1 Å². The molecule has 0 spiro atoms. The Hall–Kier alpha value is -4.86. The number of hydrogen-bond donors (Lipinski definition) is 1. The number of carbonyl (C=O) groups excluding carboxylic acids is 3. The SMILES string of the molecule is CCOc1ccc(N2C(=O)c3ccc(C(=O)Nc4ccc(C)c(-n5nnnc5C)c4)cc3C2=O)cc1. The molecule has 1 N–H and O–H groups in total. The van der Waals surface area contributed by atoms with Crippen LogP contribution in [0.1, 0.15) is 49.4 Å². The number of carbonyl (C=O) groups is 3. The predicted octanol–water partition coefficient (Wildman–Crippen LogP) is 3.73. The summed E-state index contributed by atoms with van der Waals surface area (Å²) in [4.78, 5) is 40.2. The lowest BCUT2D eigenvalue weighted by molar-refractivity contribution is 0.0925. The molecule has 5 rings (SSSR count). The van der Waals surface area contributed by atoms with Gasteiger partial charge in [-0.15, -0.1) is 5.10 Å². The molecular weight excluding hydrogens is 460 g/mol. The normalized spacial score (nSPS) is 12.6. The third-order valence-electron chi connectivity index (χ3n) is 5.88. The van der Waals surface area contributed by atoms with Crippen LogP contribution in [0.5, 0.6) is 5.75 Å². The monoisotopic (exact) mass is 482 g/mol. The minimum atomic E-state index is -0.486. The number of amides is 3. The van der Waals surface area contributed by atoms with Crippen molar-refractivity contribution in [2.24, 2.45) is 0 Å². The highest BCUT2D eigenvalue weighted by atomic mass is 16.5. The molecule has 180 valence electrons. The molecule has 10 nitrogen and oxygen atoms in total. The van der Waals surface area contributed by atoms with Crippen molar-refractivity contribution >= 4 is 29.1 Å². The molecule has 0 atom stereocenters. The highest BCUT2D eigenvalue weighted by Gasteiger charge is 2.37. The molecule has 2 heterocycles.